The fourth-order valence-electron chi connectivity index (χ4n) is 2.79. The number of nitrogens with one attached hydrogen (secondary N) is 1. The number of rotatable bonds is 4. The summed E-state index contributed by atoms with van der Waals surface area (Å²) in [7, 11) is 1.38. The Labute approximate surface area is 118 Å². The number of furan rings is 1. The van der Waals surface area contributed by atoms with Crippen molar-refractivity contribution in [2.24, 2.45) is 0 Å². The van der Waals surface area contributed by atoms with E-state index in [1.54, 1.807) is 6.26 Å². The predicted molar refractivity (Wildman–Crippen MR) is 73.6 cm³/mol. The van der Waals surface area contributed by atoms with Crippen LogP contribution >= 0.6 is 0 Å². The first-order valence-electron chi connectivity index (χ1n) is 7.09. The first-order chi connectivity index (χ1) is 9.78. The predicted octanol–water partition coefficient (Wildman–Crippen LogP) is 0.156. The Kier molecular flexibility index (Phi) is 4.05. The molecule has 0 aromatic carbocycles. The number of piperazine rings is 1. The molecule has 110 valence electrons. The molecule has 6 heteroatoms. The molecule has 0 saturated carbocycles. The summed E-state index contributed by atoms with van der Waals surface area (Å²) in [5.74, 6) is -0.0673. The van der Waals surface area contributed by atoms with Crippen LogP contribution in [0.3, 0.4) is 0 Å². The van der Waals surface area contributed by atoms with E-state index in [4.69, 9.17) is 9.15 Å². The quantitative estimate of drug-likeness (QED) is 0.792. The highest BCUT2D eigenvalue weighted by atomic mass is 16.5. The van der Waals surface area contributed by atoms with Gasteiger partial charge in [-0.2, -0.15) is 0 Å². The molecule has 1 aromatic rings. The van der Waals surface area contributed by atoms with Crippen LogP contribution in [-0.2, 0) is 11.3 Å². The number of carbonyl (C=O) groups is 1. The van der Waals surface area contributed by atoms with E-state index in [0.717, 1.165) is 57.4 Å². The van der Waals surface area contributed by atoms with Gasteiger partial charge in [0.05, 0.1) is 13.4 Å². The van der Waals surface area contributed by atoms with E-state index in [1.807, 2.05) is 6.07 Å². The maximum atomic E-state index is 11.6. The second-order valence-electron chi connectivity index (χ2n) is 5.39. The number of ether oxygens (including phenoxy) is 1. The lowest BCUT2D eigenvalue weighted by atomic mass is 10.1. The van der Waals surface area contributed by atoms with Crippen molar-refractivity contribution in [3.63, 3.8) is 0 Å². The van der Waals surface area contributed by atoms with E-state index in [2.05, 4.69) is 15.1 Å². The van der Waals surface area contributed by atoms with Crippen LogP contribution in [0.25, 0.3) is 0 Å². The fourth-order valence-corrected chi connectivity index (χ4v) is 2.79. The van der Waals surface area contributed by atoms with Gasteiger partial charge in [-0.1, -0.05) is 0 Å². The topological polar surface area (TPSA) is 58.0 Å². The number of esters is 1. The molecule has 0 amide bonds. The lowest BCUT2D eigenvalue weighted by molar-refractivity contribution is 0.0553. The van der Waals surface area contributed by atoms with Crippen LogP contribution in [0.1, 0.15) is 16.1 Å². The van der Waals surface area contributed by atoms with Gasteiger partial charge in [0.2, 0.25) is 5.76 Å². The second-order valence-corrected chi connectivity index (χ2v) is 5.39. The number of carbonyl (C=O) groups excluding carboxylic acids is 1. The van der Waals surface area contributed by atoms with E-state index >= 15 is 0 Å². The third-order valence-electron chi connectivity index (χ3n) is 4.19. The van der Waals surface area contributed by atoms with Gasteiger partial charge < -0.3 is 14.5 Å². The number of hydrogen-bond donors (Lipinski definition) is 1. The highest BCUT2D eigenvalue weighted by Gasteiger charge is 2.28. The van der Waals surface area contributed by atoms with Crippen molar-refractivity contribution in [1.29, 1.82) is 0 Å². The molecule has 1 N–H and O–H groups in total. The highest BCUT2D eigenvalue weighted by molar-refractivity contribution is 5.87. The Morgan fingerprint density at radius 1 is 1.40 bits per heavy atom. The van der Waals surface area contributed by atoms with Crippen LogP contribution in [0.4, 0.5) is 0 Å². The normalized spacial score (nSPS) is 21.6. The van der Waals surface area contributed by atoms with Crippen LogP contribution in [0.15, 0.2) is 16.7 Å². The largest absolute Gasteiger partial charge is 0.463 e. The maximum Gasteiger partial charge on any atom is 0.374 e. The third-order valence-corrected chi connectivity index (χ3v) is 4.19. The monoisotopic (exact) mass is 279 g/mol. The standard InChI is InChI=1S/C14H21N3O3/c1-19-14(18)13-11(2-7-20-13)10-16-3-5-17(6-4-16)12-8-15-9-12/h2,7,12,15H,3-6,8-10H2,1H3. The molecule has 0 radical (unpaired) electrons. The molecule has 0 aliphatic carbocycles. The van der Waals surface area contributed by atoms with Crippen molar-refractivity contribution < 1.29 is 13.9 Å². The lowest BCUT2D eigenvalue weighted by Gasteiger charge is -2.43. The summed E-state index contributed by atoms with van der Waals surface area (Å²) in [6, 6.07) is 2.57. The molecule has 2 saturated heterocycles. The summed E-state index contributed by atoms with van der Waals surface area (Å²) >= 11 is 0. The molecule has 2 aliphatic rings. The first-order valence-corrected chi connectivity index (χ1v) is 7.09. The zero-order chi connectivity index (χ0) is 13.9. The molecule has 0 spiro atoms. The van der Waals surface area contributed by atoms with E-state index in [-0.39, 0.29) is 0 Å². The van der Waals surface area contributed by atoms with Crippen LogP contribution in [0.5, 0.6) is 0 Å². The van der Waals surface area contributed by atoms with Crippen LogP contribution in [0.2, 0.25) is 0 Å². The van der Waals surface area contributed by atoms with Crippen molar-refractivity contribution in [3.8, 4) is 0 Å². The van der Waals surface area contributed by atoms with Gasteiger partial charge in [-0.25, -0.2) is 4.79 Å². The Bertz CT molecular complexity index is 462. The minimum atomic E-state index is -0.399. The van der Waals surface area contributed by atoms with Crippen LogP contribution in [-0.4, -0.2) is 68.2 Å². The lowest BCUT2D eigenvalue weighted by Crippen LogP contribution is -2.61. The molecular weight excluding hydrogens is 258 g/mol. The van der Waals surface area contributed by atoms with Crippen molar-refractivity contribution in [3.05, 3.63) is 23.7 Å². The summed E-state index contributed by atoms with van der Waals surface area (Å²) in [5.41, 5.74) is 0.913. The molecule has 6 nitrogen and oxygen atoms in total. The van der Waals surface area contributed by atoms with Gasteiger partial charge in [-0.15, -0.1) is 0 Å². The molecular formula is C14H21N3O3. The van der Waals surface area contributed by atoms with Crippen LogP contribution < -0.4 is 5.32 Å². The molecule has 0 unspecified atom stereocenters. The first kappa shape index (κ1) is 13.6. The Hall–Kier alpha value is -1.37. The third kappa shape index (κ3) is 2.72. The zero-order valence-corrected chi connectivity index (χ0v) is 11.8. The molecule has 1 aromatic heterocycles. The average Bonchev–Trinajstić information content (AvgIpc) is 2.86. The summed E-state index contributed by atoms with van der Waals surface area (Å²) in [4.78, 5) is 16.5. The molecule has 0 bridgehead atoms. The summed E-state index contributed by atoms with van der Waals surface area (Å²) in [6.45, 7) is 7.24. The SMILES string of the molecule is COC(=O)c1occc1CN1CCN(C2CNC2)CC1. The van der Waals surface area contributed by atoms with Crippen molar-refractivity contribution in [2.45, 2.75) is 12.6 Å². The molecule has 3 heterocycles. The highest BCUT2D eigenvalue weighted by Crippen LogP contribution is 2.17. The van der Waals surface area contributed by atoms with Gasteiger partial charge in [-0.3, -0.25) is 9.80 Å². The zero-order valence-electron chi connectivity index (χ0n) is 11.8. The van der Waals surface area contributed by atoms with Crippen molar-refractivity contribution >= 4 is 5.97 Å². The van der Waals surface area contributed by atoms with Gasteiger partial charge in [-0.05, 0) is 6.07 Å². The minimum Gasteiger partial charge on any atom is -0.463 e. The van der Waals surface area contributed by atoms with Gasteiger partial charge in [0.25, 0.3) is 0 Å². The Balaban J connectivity index is 1.54. The van der Waals surface area contributed by atoms with E-state index in [0.29, 0.717) is 5.76 Å². The average molecular weight is 279 g/mol. The van der Waals surface area contributed by atoms with Gasteiger partial charge >= 0.3 is 5.97 Å². The smallest absolute Gasteiger partial charge is 0.374 e. The molecule has 20 heavy (non-hydrogen) atoms. The van der Waals surface area contributed by atoms with Crippen molar-refractivity contribution in [1.82, 2.24) is 15.1 Å². The van der Waals surface area contributed by atoms with E-state index in [9.17, 15) is 4.79 Å². The summed E-state index contributed by atoms with van der Waals surface area (Å²) < 4.78 is 9.95. The second kappa shape index (κ2) is 5.95. The molecule has 2 fully saturated rings. The number of methoxy groups -OCH3 is 1. The molecule has 2 aliphatic heterocycles. The number of nitrogens with zero attached hydrogens (tertiary/aromatic N) is 2. The fraction of sp³-hybridized carbons (Fsp3) is 0.643. The summed E-state index contributed by atoms with van der Waals surface area (Å²) in [6.07, 6.45) is 1.55. The number of hydrogen-bond acceptors (Lipinski definition) is 6. The van der Waals surface area contributed by atoms with Gasteiger partial charge in [0.1, 0.15) is 0 Å². The van der Waals surface area contributed by atoms with Crippen molar-refractivity contribution in [2.75, 3.05) is 46.4 Å². The van der Waals surface area contributed by atoms with E-state index < -0.39 is 5.97 Å². The molecule has 0 atom stereocenters. The Morgan fingerprint density at radius 3 is 2.75 bits per heavy atom. The minimum absolute atomic E-state index is 0.332. The molecule has 3 rings (SSSR count). The van der Waals surface area contributed by atoms with Crippen LogP contribution in [0, 0.1) is 0 Å². The Morgan fingerprint density at radius 2 is 2.15 bits per heavy atom. The van der Waals surface area contributed by atoms with E-state index in [1.165, 1.54) is 7.11 Å². The summed E-state index contributed by atoms with van der Waals surface area (Å²) in [5, 5.41) is 3.31. The van der Waals surface area contributed by atoms with Gasteiger partial charge in [0, 0.05) is 57.4 Å². The maximum absolute atomic E-state index is 11.6. The van der Waals surface area contributed by atoms with Gasteiger partial charge in [0.15, 0.2) is 0 Å².